The molecule has 0 fully saturated rings. The Morgan fingerprint density at radius 3 is 2.58 bits per heavy atom. The van der Waals surface area contributed by atoms with Crippen molar-refractivity contribution in [2.24, 2.45) is 0 Å². The molecule has 0 bridgehead atoms. The lowest BCUT2D eigenvalue weighted by Gasteiger charge is -2.12. The van der Waals surface area contributed by atoms with Gasteiger partial charge in [0.1, 0.15) is 23.2 Å². The lowest BCUT2D eigenvalue weighted by Crippen LogP contribution is -2.02. The van der Waals surface area contributed by atoms with Crippen LogP contribution < -0.4 is 15.4 Å². The van der Waals surface area contributed by atoms with Gasteiger partial charge in [-0.05, 0) is 25.1 Å². The van der Waals surface area contributed by atoms with Crippen molar-refractivity contribution in [2.45, 2.75) is 6.92 Å². The van der Waals surface area contributed by atoms with E-state index in [-0.39, 0.29) is 0 Å². The molecule has 0 radical (unpaired) electrons. The summed E-state index contributed by atoms with van der Waals surface area (Å²) in [5.74, 6) is 2.80. The highest BCUT2D eigenvalue weighted by Crippen LogP contribution is 2.30. The van der Waals surface area contributed by atoms with Crippen LogP contribution >= 0.6 is 11.6 Å². The van der Waals surface area contributed by atoms with Gasteiger partial charge in [-0.3, -0.25) is 0 Å². The van der Waals surface area contributed by atoms with Crippen molar-refractivity contribution in [3.05, 3.63) is 35.1 Å². The lowest BCUT2D eigenvalue weighted by atomic mass is 10.3. The first-order valence-electron chi connectivity index (χ1n) is 5.76. The Hall–Kier alpha value is -2.01. The van der Waals surface area contributed by atoms with Gasteiger partial charge in [-0.25, -0.2) is 9.97 Å². The molecule has 2 aromatic rings. The SMILES string of the molecule is CNc1cc(Nc2cc(Cl)ccc2OC)nc(C)n1. The molecule has 0 aliphatic carbocycles. The highest BCUT2D eigenvalue weighted by molar-refractivity contribution is 6.31. The van der Waals surface area contributed by atoms with E-state index in [1.807, 2.05) is 20.0 Å². The van der Waals surface area contributed by atoms with E-state index in [1.165, 1.54) is 0 Å². The van der Waals surface area contributed by atoms with Gasteiger partial charge in [0, 0.05) is 18.1 Å². The zero-order valence-corrected chi connectivity index (χ0v) is 11.7. The summed E-state index contributed by atoms with van der Waals surface area (Å²) in [5, 5.41) is 6.79. The molecule has 5 nitrogen and oxygen atoms in total. The van der Waals surface area contributed by atoms with E-state index in [0.29, 0.717) is 22.4 Å². The summed E-state index contributed by atoms with van der Waals surface area (Å²) < 4.78 is 5.28. The minimum atomic E-state index is 0.628. The van der Waals surface area contributed by atoms with E-state index < -0.39 is 0 Å². The molecule has 0 saturated carbocycles. The molecule has 19 heavy (non-hydrogen) atoms. The maximum absolute atomic E-state index is 5.99. The van der Waals surface area contributed by atoms with Crippen LogP contribution in [0.5, 0.6) is 5.75 Å². The topological polar surface area (TPSA) is 59.1 Å². The highest BCUT2D eigenvalue weighted by atomic mass is 35.5. The molecule has 100 valence electrons. The number of benzene rings is 1. The molecule has 2 N–H and O–H groups in total. The molecule has 1 aromatic carbocycles. The number of hydrogen-bond acceptors (Lipinski definition) is 5. The minimum Gasteiger partial charge on any atom is -0.495 e. The van der Waals surface area contributed by atoms with E-state index in [4.69, 9.17) is 16.3 Å². The number of nitrogens with one attached hydrogen (secondary N) is 2. The molecule has 1 aromatic heterocycles. The van der Waals surface area contributed by atoms with Gasteiger partial charge in [0.15, 0.2) is 0 Å². The van der Waals surface area contributed by atoms with Gasteiger partial charge in [-0.15, -0.1) is 0 Å². The second-order valence-corrected chi connectivity index (χ2v) is 4.34. The highest BCUT2D eigenvalue weighted by Gasteiger charge is 2.06. The number of halogens is 1. The Kier molecular flexibility index (Phi) is 4.06. The Labute approximate surface area is 117 Å². The third kappa shape index (κ3) is 3.26. The number of aromatic nitrogens is 2. The summed E-state index contributed by atoms with van der Waals surface area (Å²) in [6, 6.07) is 7.18. The van der Waals surface area contributed by atoms with Crippen molar-refractivity contribution < 1.29 is 4.74 Å². The van der Waals surface area contributed by atoms with Crippen LogP contribution in [-0.2, 0) is 0 Å². The van der Waals surface area contributed by atoms with E-state index >= 15 is 0 Å². The van der Waals surface area contributed by atoms with Crippen LogP contribution in [0.4, 0.5) is 17.3 Å². The van der Waals surface area contributed by atoms with Crippen LogP contribution in [0.3, 0.4) is 0 Å². The van der Waals surface area contributed by atoms with Crippen LogP contribution in [0.15, 0.2) is 24.3 Å². The molecule has 0 unspecified atom stereocenters. The minimum absolute atomic E-state index is 0.628. The molecule has 0 saturated heterocycles. The fourth-order valence-electron chi connectivity index (χ4n) is 1.68. The second-order valence-electron chi connectivity index (χ2n) is 3.91. The fraction of sp³-hybridized carbons (Fsp3) is 0.231. The van der Waals surface area contributed by atoms with E-state index in [9.17, 15) is 0 Å². The smallest absolute Gasteiger partial charge is 0.142 e. The number of ether oxygens (including phenoxy) is 1. The Morgan fingerprint density at radius 2 is 1.89 bits per heavy atom. The average molecular weight is 279 g/mol. The first kappa shape index (κ1) is 13.4. The molecule has 1 heterocycles. The third-order valence-corrected chi connectivity index (χ3v) is 2.75. The Morgan fingerprint density at radius 1 is 1.16 bits per heavy atom. The molecule has 0 spiro atoms. The number of rotatable bonds is 4. The van der Waals surface area contributed by atoms with Gasteiger partial charge in [0.25, 0.3) is 0 Å². The van der Waals surface area contributed by atoms with Crippen LogP contribution in [0.1, 0.15) is 5.82 Å². The van der Waals surface area contributed by atoms with Crippen LogP contribution in [-0.4, -0.2) is 24.1 Å². The quantitative estimate of drug-likeness (QED) is 0.899. The number of aryl methyl sites for hydroxylation is 1. The van der Waals surface area contributed by atoms with Gasteiger partial charge in [0.05, 0.1) is 12.8 Å². The summed E-state index contributed by atoms with van der Waals surface area (Å²) in [4.78, 5) is 8.56. The molecule has 0 atom stereocenters. The number of nitrogens with zero attached hydrogens (tertiary/aromatic N) is 2. The maximum Gasteiger partial charge on any atom is 0.142 e. The maximum atomic E-state index is 5.99. The van der Waals surface area contributed by atoms with E-state index in [0.717, 1.165) is 11.5 Å². The third-order valence-electron chi connectivity index (χ3n) is 2.52. The molecule has 0 aliphatic heterocycles. The lowest BCUT2D eigenvalue weighted by molar-refractivity contribution is 0.417. The fourth-order valence-corrected chi connectivity index (χ4v) is 1.85. The van der Waals surface area contributed by atoms with Crippen molar-refractivity contribution in [2.75, 3.05) is 24.8 Å². The molecular weight excluding hydrogens is 264 g/mol. The predicted octanol–water partition coefficient (Wildman–Crippen LogP) is 3.23. The van der Waals surface area contributed by atoms with E-state index in [1.54, 1.807) is 25.3 Å². The monoisotopic (exact) mass is 278 g/mol. The molecular formula is C13H15ClN4O. The zero-order chi connectivity index (χ0) is 13.8. The van der Waals surface area contributed by atoms with Crippen LogP contribution in [0, 0.1) is 6.92 Å². The molecule has 6 heteroatoms. The molecule has 2 rings (SSSR count). The first-order valence-corrected chi connectivity index (χ1v) is 6.14. The standard InChI is InChI=1S/C13H15ClN4O/c1-8-16-12(15-2)7-13(17-8)18-10-6-9(14)4-5-11(10)19-3/h4-7H,1-3H3,(H2,15,16,17,18). The van der Waals surface area contributed by atoms with Gasteiger partial charge < -0.3 is 15.4 Å². The average Bonchev–Trinajstić information content (AvgIpc) is 2.38. The predicted molar refractivity (Wildman–Crippen MR) is 77.6 cm³/mol. The summed E-state index contributed by atoms with van der Waals surface area (Å²) in [5.41, 5.74) is 0.759. The van der Waals surface area contributed by atoms with Crippen molar-refractivity contribution in [3.63, 3.8) is 0 Å². The number of methoxy groups -OCH3 is 1. The number of anilines is 3. The van der Waals surface area contributed by atoms with Crippen molar-refractivity contribution in [1.82, 2.24) is 9.97 Å². The van der Waals surface area contributed by atoms with Gasteiger partial charge >= 0.3 is 0 Å². The van der Waals surface area contributed by atoms with Crippen molar-refractivity contribution in [3.8, 4) is 5.75 Å². The first-order chi connectivity index (χ1) is 9.12. The number of hydrogen-bond donors (Lipinski definition) is 2. The van der Waals surface area contributed by atoms with Gasteiger partial charge in [-0.1, -0.05) is 11.6 Å². The Balaban J connectivity index is 2.35. The molecule has 0 amide bonds. The molecule has 0 aliphatic rings. The van der Waals surface area contributed by atoms with Crippen LogP contribution in [0.2, 0.25) is 5.02 Å². The summed E-state index contributed by atoms with van der Waals surface area (Å²) in [6.07, 6.45) is 0. The van der Waals surface area contributed by atoms with Gasteiger partial charge in [-0.2, -0.15) is 0 Å². The van der Waals surface area contributed by atoms with Crippen molar-refractivity contribution >= 4 is 28.9 Å². The van der Waals surface area contributed by atoms with E-state index in [2.05, 4.69) is 20.6 Å². The normalized spacial score (nSPS) is 10.1. The van der Waals surface area contributed by atoms with Gasteiger partial charge in [0.2, 0.25) is 0 Å². The second kappa shape index (κ2) is 5.75. The van der Waals surface area contributed by atoms with Crippen LogP contribution in [0.25, 0.3) is 0 Å². The zero-order valence-electron chi connectivity index (χ0n) is 11.0. The van der Waals surface area contributed by atoms with Crippen molar-refractivity contribution in [1.29, 1.82) is 0 Å². The summed E-state index contributed by atoms with van der Waals surface area (Å²) in [6.45, 7) is 1.83. The largest absolute Gasteiger partial charge is 0.495 e. The summed E-state index contributed by atoms with van der Waals surface area (Å²) in [7, 11) is 3.42. The Bertz CT molecular complexity index is 589. The summed E-state index contributed by atoms with van der Waals surface area (Å²) >= 11 is 5.99.